The van der Waals surface area contributed by atoms with E-state index in [1.165, 1.54) is 18.4 Å². The molecular formula is C20H24N4. The summed E-state index contributed by atoms with van der Waals surface area (Å²) in [5, 5.41) is 13.0. The van der Waals surface area contributed by atoms with Crippen LogP contribution in [0.4, 0.5) is 5.69 Å². The molecule has 1 aromatic heterocycles. The highest BCUT2D eigenvalue weighted by atomic mass is 15.2. The fourth-order valence-corrected chi connectivity index (χ4v) is 3.50. The van der Waals surface area contributed by atoms with Crippen molar-refractivity contribution in [2.45, 2.75) is 32.7 Å². The van der Waals surface area contributed by atoms with Gasteiger partial charge in [0.2, 0.25) is 0 Å². The van der Waals surface area contributed by atoms with Crippen molar-refractivity contribution in [2.75, 3.05) is 25.0 Å². The predicted molar refractivity (Wildman–Crippen MR) is 96.9 cm³/mol. The van der Waals surface area contributed by atoms with Gasteiger partial charge in [-0.1, -0.05) is 30.3 Å². The van der Waals surface area contributed by atoms with Gasteiger partial charge in [0.25, 0.3) is 0 Å². The molecule has 2 heterocycles. The van der Waals surface area contributed by atoms with Gasteiger partial charge in [-0.25, -0.2) is 0 Å². The number of rotatable bonds is 5. The van der Waals surface area contributed by atoms with Gasteiger partial charge in [0, 0.05) is 12.2 Å². The normalized spacial score (nSPS) is 15.9. The molecular weight excluding hydrogens is 296 g/mol. The van der Waals surface area contributed by atoms with E-state index in [9.17, 15) is 5.26 Å². The number of nitrogens with one attached hydrogen (secondary N) is 1. The molecule has 1 N–H and O–H groups in total. The molecule has 0 aliphatic carbocycles. The molecule has 0 amide bonds. The van der Waals surface area contributed by atoms with E-state index in [1.807, 2.05) is 19.9 Å². The Hall–Kier alpha value is -2.38. The summed E-state index contributed by atoms with van der Waals surface area (Å²) in [6.07, 6.45) is 2.53. The van der Waals surface area contributed by atoms with Crippen LogP contribution >= 0.6 is 0 Å². The maximum absolute atomic E-state index is 9.44. The molecule has 2 aromatic rings. The van der Waals surface area contributed by atoms with Gasteiger partial charge in [0.15, 0.2) is 0 Å². The van der Waals surface area contributed by atoms with Crippen LogP contribution in [0.25, 0.3) is 0 Å². The Bertz CT molecular complexity index is 727. The first-order chi connectivity index (χ1) is 11.7. The first-order valence-electron chi connectivity index (χ1n) is 8.60. The summed E-state index contributed by atoms with van der Waals surface area (Å²) >= 11 is 0. The number of nitriles is 1. The molecule has 0 spiro atoms. The lowest BCUT2D eigenvalue weighted by molar-refractivity contribution is 0.256. The number of anilines is 1. The highest BCUT2D eigenvalue weighted by molar-refractivity contribution is 5.60. The Morgan fingerprint density at radius 3 is 2.58 bits per heavy atom. The lowest BCUT2D eigenvalue weighted by Gasteiger charge is -2.29. The lowest BCUT2D eigenvalue weighted by atomic mass is 10.0. The van der Waals surface area contributed by atoms with Crippen molar-refractivity contribution in [3.63, 3.8) is 0 Å². The number of aromatic nitrogens is 1. The Morgan fingerprint density at radius 1 is 1.21 bits per heavy atom. The third kappa shape index (κ3) is 3.58. The van der Waals surface area contributed by atoms with Gasteiger partial charge in [0.05, 0.1) is 23.0 Å². The standard InChI is InChI=1S/C20H24N4/c1-15-12-19(18(13-21)16(2)23-15)22-14-20(24-10-6-7-11-24)17-8-4-3-5-9-17/h3-5,8-9,12,20H,6-7,10-11,14H2,1-2H3,(H,22,23). The van der Waals surface area contributed by atoms with E-state index in [0.717, 1.165) is 36.7 Å². The van der Waals surface area contributed by atoms with Crippen molar-refractivity contribution in [3.8, 4) is 6.07 Å². The number of pyridine rings is 1. The monoisotopic (exact) mass is 320 g/mol. The van der Waals surface area contributed by atoms with Crippen molar-refractivity contribution in [2.24, 2.45) is 0 Å². The van der Waals surface area contributed by atoms with Gasteiger partial charge in [-0.15, -0.1) is 0 Å². The van der Waals surface area contributed by atoms with E-state index >= 15 is 0 Å². The second-order valence-corrected chi connectivity index (χ2v) is 6.43. The van der Waals surface area contributed by atoms with E-state index in [0.29, 0.717) is 11.6 Å². The first kappa shape index (κ1) is 16.5. The van der Waals surface area contributed by atoms with Crippen molar-refractivity contribution in [1.82, 2.24) is 9.88 Å². The highest BCUT2D eigenvalue weighted by Crippen LogP contribution is 2.27. The van der Waals surface area contributed by atoms with Crippen LogP contribution < -0.4 is 5.32 Å². The van der Waals surface area contributed by atoms with Crippen LogP contribution in [0, 0.1) is 25.2 Å². The van der Waals surface area contributed by atoms with E-state index in [-0.39, 0.29) is 0 Å². The van der Waals surface area contributed by atoms with Gasteiger partial charge in [-0.05, 0) is 51.4 Å². The lowest BCUT2D eigenvalue weighted by Crippen LogP contribution is -2.31. The van der Waals surface area contributed by atoms with Gasteiger partial charge < -0.3 is 5.32 Å². The second kappa shape index (κ2) is 7.46. The van der Waals surface area contributed by atoms with Gasteiger partial charge >= 0.3 is 0 Å². The Kier molecular flexibility index (Phi) is 5.12. The second-order valence-electron chi connectivity index (χ2n) is 6.43. The summed E-state index contributed by atoms with van der Waals surface area (Å²) in [6, 6.07) is 15.2. The molecule has 4 heteroatoms. The molecule has 24 heavy (non-hydrogen) atoms. The Labute approximate surface area is 144 Å². The van der Waals surface area contributed by atoms with Crippen LogP contribution in [0.3, 0.4) is 0 Å². The molecule has 4 nitrogen and oxygen atoms in total. The number of hydrogen-bond donors (Lipinski definition) is 1. The van der Waals surface area contributed by atoms with E-state index in [4.69, 9.17) is 0 Å². The molecule has 0 saturated carbocycles. The number of likely N-dealkylation sites (tertiary alicyclic amines) is 1. The number of benzene rings is 1. The molecule has 3 rings (SSSR count). The molecule has 1 aliphatic heterocycles. The van der Waals surface area contributed by atoms with E-state index in [1.54, 1.807) is 0 Å². The molecule has 1 unspecified atom stereocenters. The number of nitrogens with zero attached hydrogens (tertiary/aromatic N) is 3. The van der Waals surface area contributed by atoms with E-state index < -0.39 is 0 Å². The van der Waals surface area contributed by atoms with Crippen LogP contribution in [-0.4, -0.2) is 29.5 Å². The van der Waals surface area contributed by atoms with Crippen LogP contribution in [0.15, 0.2) is 36.4 Å². The molecule has 1 atom stereocenters. The minimum absolute atomic E-state index is 0.328. The maximum Gasteiger partial charge on any atom is 0.103 e. The maximum atomic E-state index is 9.44. The summed E-state index contributed by atoms with van der Waals surface area (Å²) in [4.78, 5) is 6.93. The SMILES string of the molecule is Cc1cc(NCC(c2ccccc2)N2CCCC2)c(C#N)c(C)n1. The topological polar surface area (TPSA) is 52.0 Å². The third-order valence-electron chi connectivity index (χ3n) is 4.69. The fourth-order valence-electron chi connectivity index (χ4n) is 3.50. The zero-order chi connectivity index (χ0) is 16.9. The smallest absolute Gasteiger partial charge is 0.103 e. The van der Waals surface area contributed by atoms with Crippen LogP contribution in [-0.2, 0) is 0 Å². The predicted octanol–water partition coefficient (Wildman–Crippen LogP) is 3.82. The molecule has 1 fully saturated rings. The number of aryl methyl sites for hydroxylation is 2. The van der Waals surface area contributed by atoms with Crippen LogP contribution in [0.5, 0.6) is 0 Å². The summed E-state index contributed by atoms with van der Waals surface area (Å²) in [6.45, 7) is 6.93. The molecule has 124 valence electrons. The summed E-state index contributed by atoms with van der Waals surface area (Å²) in [7, 11) is 0. The zero-order valence-electron chi connectivity index (χ0n) is 14.4. The van der Waals surface area contributed by atoms with Crippen molar-refractivity contribution in [3.05, 3.63) is 58.9 Å². The van der Waals surface area contributed by atoms with Gasteiger partial charge in [-0.3, -0.25) is 9.88 Å². The molecule has 1 aliphatic rings. The van der Waals surface area contributed by atoms with Crippen LogP contribution in [0.2, 0.25) is 0 Å². The molecule has 0 bridgehead atoms. The molecule has 1 aromatic carbocycles. The summed E-state index contributed by atoms with van der Waals surface area (Å²) in [5.41, 5.74) is 4.59. The quantitative estimate of drug-likeness (QED) is 0.910. The Balaban J connectivity index is 1.83. The first-order valence-corrected chi connectivity index (χ1v) is 8.60. The zero-order valence-corrected chi connectivity index (χ0v) is 14.4. The minimum Gasteiger partial charge on any atom is -0.382 e. The average Bonchev–Trinajstić information content (AvgIpc) is 3.10. The van der Waals surface area contributed by atoms with Crippen LogP contribution in [0.1, 0.15) is 41.4 Å². The van der Waals surface area contributed by atoms with Gasteiger partial charge in [0.1, 0.15) is 6.07 Å². The number of hydrogen-bond acceptors (Lipinski definition) is 4. The fraction of sp³-hybridized carbons (Fsp3) is 0.400. The Morgan fingerprint density at radius 2 is 1.92 bits per heavy atom. The van der Waals surface area contributed by atoms with Crippen molar-refractivity contribution in [1.29, 1.82) is 5.26 Å². The van der Waals surface area contributed by atoms with Crippen molar-refractivity contribution >= 4 is 5.69 Å². The largest absolute Gasteiger partial charge is 0.382 e. The molecule has 0 radical (unpaired) electrons. The summed E-state index contributed by atoms with van der Waals surface area (Å²) in [5.74, 6) is 0. The van der Waals surface area contributed by atoms with Crippen molar-refractivity contribution < 1.29 is 0 Å². The average molecular weight is 320 g/mol. The van der Waals surface area contributed by atoms with Gasteiger partial charge in [-0.2, -0.15) is 5.26 Å². The van der Waals surface area contributed by atoms with E-state index in [2.05, 4.69) is 51.6 Å². The third-order valence-corrected chi connectivity index (χ3v) is 4.69. The summed E-state index contributed by atoms with van der Waals surface area (Å²) < 4.78 is 0. The molecule has 1 saturated heterocycles. The minimum atomic E-state index is 0.328. The highest BCUT2D eigenvalue weighted by Gasteiger charge is 2.23.